The number of aromatic nitrogens is 3. The van der Waals surface area contributed by atoms with E-state index in [-0.39, 0.29) is 6.04 Å². The fourth-order valence-electron chi connectivity index (χ4n) is 1.71. The van der Waals surface area contributed by atoms with E-state index in [2.05, 4.69) is 10.3 Å². The van der Waals surface area contributed by atoms with Crippen molar-refractivity contribution in [3.8, 4) is 0 Å². The molecule has 5 heteroatoms. The zero-order valence-electron chi connectivity index (χ0n) is 9.10. The number of primary amides is 1. The molecule has 2 N–H and O–H groups in total. The Morgan fingerprint density at radius 2 is 2.27 bits per heavy atom. The Labute approximate surface area is 88.6 Å². The predicted octanol–water partition coefficient (Wildman–Crippen LogP) is 0.910. The van der Waals surface area contributed by atoms with Crippen LogP contribution in [0, 0.1) is 5.92 Å². The van der Waals surface area contributed by atoms with Crippen molar-refractivity contribution < 1.29 is 4.79 Å². The lowest BCUT2D eigenvalue weighted by atomic mass is 10.1. The van der Waals surface area contributed by atoms with Gasteiger partial charge in [0.05, 0.1) is 5.69 Å². The minimum Gasteiger partial charge on any atom is -0.364 e. The highest BCUT2D eigenvalue weighted by Gasteiger charge is 2.27. The van der Waals surface area contributed by atoms with E-state index < -0.39 is 5.91 Å². The van der Waals surface area contributed by atoms with Crippen molar-refractivity contribution in [3.63, 3.8) is 0 Å². The highest BCUT2D eigenvalue weighted by Crippen LogP contribution is 2.33. The molecule has 82 valence electrons. The molecular formula is C10H16N4O. The number of nitrogens with two attached hydrogens (primary N) is 1. The number of carbonyl (C=O) groups excluding carboxylic acids is 1. The van der Waals surface area contributed by atoms with Gasteiger partial charge < -0.3 is 5.73 Å². The highest BCUT2D eigenvalue weighted by molar-refractivity contribution is 5.91. The normalized spacial score (nSPS) is 15.9. The largest absolute Gasteiger partial charge is 0.364 e. The quantitative estimate of drug-likeness (QED) is 0.799. The fraction of sp³-hybridized carbons (Fsp3) is 0.700. The minimum atomic E-state index is -0.474. The second kappa shape index (κ2) is 3.64. The molecule has 0 saturated heterocycles. The van der Waals surface area contributed by atoms with E-state index in [4.69, 9.17) is 5.73 Å². The molecule has 2 rings (SSSR count). The van der Waals surface area contributed by atoms with Gasteiger partial charge in [-0.05, 0) is 39.0 Å². The molecule has 0 atom stereocenters. The number of amides is 1. The molecule has 0 aromatic carbocycles. The van der Waals surface area contributed by atoms with Crippen LogP contribution in [0.15, 0.2) is 0 Å². The average molecular weight is 208 g/mol. The van der Waals surface area contributed by atoms with Gasteiger partial charge in [0.2, 0.25) is 0 Å². The summed E-state index contributed by atoms with van der Waals surface area (Å²) < 4.78 is 1.80. The van der Waals surface area contributed by atoms with Gasteiger partial charge in [0, 0.05) is 6.04 Å². The van der Waals surface area contributed by atoms with Crippen LogP contribution in [-0.4, -0.2) is 20.9 Å². The number of hydrogen-bond donors (Lipinski definition) is 1. The van der Waals surface area contributed by atoms with Gasteiger partial charge in [-0.25, -0.2) is 4.68 Å². The van der Waals surface area contributed by atoms with Gasteiger partial charge in [0.1, 0.15) is 0 Å². The van der Waals surface area contributed by atoms with Crippen molar-refractivity contribution >= 4 is 5.91 Å². The van der Waals surface area contributed by atoms with Gasteiger partial charge in [-0.2, -0.15) is 0 Å². The number of nitrogens with zero attached hydrogens (tertiary/aromatic N) is 3. The molecule has 1 fully saturated rings. The number of carbonyl (C=O) groups is 1. The van der Waals surface area contributed by atoms with Crippen LogP contribution in [-0.2, 0) is 6.42 Å². The van der Waals surface area contributed by atoms with Crippen LogP contribution in [0.3, 0.4) is 0 Å². The van der Waals surface area contributed by atoms with E-state index in [1.54, 1.807) is 4.68 Å². The van der Waals surface area contributed by atoms with Crippen LogP contribution in [0.1, 0.15) is 48.9 Å². The molecule has 1 aromatic rings. The summed E-state index contributed by atoms with van der Waals surface area (Å²) in [5.74, 6) is 0.219. The number of hydrogen-bond acceptors (Lipinski definition) is 3. The Morgan fingerprint density at radius 3 is 2.73 bits per heavy atom. The van der Waals surface area contributed by atoms with Crippen molar-refractivity contribution in [2.24, 2.45) is 11.7 Å². The topological polar surface area (TPSA) is 73.8 Å². The molecule has 0 unspecified atom stereocenters. The maximum atomic E-state index is 11.2. The van der Waals surface area contributed by atoms with Crippen LogP contribution in [0.2, 0.25) is 0 Å². The Balaban J connectivity index is 2.33. The van der Waals surface area contributed by atoms with Crippen molar-refractivity contribution in [2.75, 3.05) is 0 Å². The molecular weight excluding hydrogens is 192 g/mol. The highest BCUT2D eigenvalue weighted by atomic mass is 16.1. The van der Waals surface area contributed by atoms with Gasteiger partial charge in [-0.15, -0.1) is 5.10 Å². The summed E-state index contributed by atoms with van der Waals surface area (Å²) in [6.45, 7) is 4.05. The first kappa shape index (κ1) is 10.1. The standard InChI is InChI=1S/C10H16N4O/c1-6(2)14-8(5-7-3-4-7)9(10(11)15)12-13-14/h6-7H,3-5H2,1-2H3,(H2,11,15). The third-order valence-electron chi connectivity index (χ3n) is 2.69. The molecule has 1 heterocycles. The summed E-state index contributed by atoms with van der Waals surface area (Å²) in [7, 11) is 0. The van der Waals surface area contributed by atoms with Gasteiger partial charge in [-0.3, -0.25) is 4.79 Å². The van der Waals surface area contributed by atoms with Crippen LogP contribution in [0.4, 0.5) is 0 Å². The van der Waals surface area contributed by atoms with E-state index in [0.717, 1.165) is 12.1 Å². The van der Waals surface area contributed by atoms with Crippen LogP contribution in [0.5, 0.6) is 0 Å². The van der Waals surface area contributed by atoms with Crippen LogP contribution >= 0.6 is 0 Å². The van der Waals surface area contributed by atoms with Crippen molar-refractivity contribution in [1.29, 1.82) is 0 Å². The van der Waals surface area contributed by atoms with E-state index >= 15 is 0 Å². The first-order valence-electron chi connectivity index (χ1n) is 5.33. The van der Waals surface area contributed by atoms with E-state index in [1.165, 1.54) is 12.8 Å². The molecule has 5 nitrogen and oxygen atoms in total. The molecule has 0 spiro atoms. The molecule has 1 aliphatic rings. The first-order chi connectivity index (χ1) is 7.09. The molecule has 0 bridgehead atoms. The van der Waals surface area contributed by atoms with Gasteiger partial charge >= 0.3 is 0 Å². The molecule has 1 saturated carbocycles. The van der Waals surface area contributed by atoms with Crippen molar-refractivity contribution in [2.45, 2.75) is 39.2 Å². The maximum absolute atomic E-state index is 11.2. The monoisotopic (exact) mass is 208 g/mol. The zero-order valence-corrected chi connectivity index (χ0v) is 9.10. The second-order valence-electron chi connectivity index (χ2n) is 4.43. The molecule has 1 aliphatic carbocycles. The van der Waals surface area contributed by atoms with Gasteiger partial charge in [0.25, 0.3) is 5.91 Å². The summed E-state index contributed by atoms with van der Waals surface area (Å²) >= 11 is 0. The van der Waals surface area contributed by atoms with Gasteiger partial charge in [-0.1, -0.05) is 5.21 Å². The maximum Gasteiger partial charge on any atom is 0.271 e. The molecule has 15 heavy (non-hydrogen) atoms. The number of rotatable bonds is 4. The smallest absolute Gasteiger partial charge is 0.271 e. The summed E-state index contributed by atoms with van der Waals surface area (Å²) in [6.07, 6.45) is 3.35. The summed E-state index contributed by atoms with van der Waals surface area (Å²) in [6, 6.07) is 0.222. The second-order valence-corrected chi connectivity index (χ2v) is 4.43. The summed E-state index contributed by atoms with van der Waals surface area (Å²) in [4.78, 5) is 11.2. The zero-order chi connectivity index (χ0) is 11.0. The van der Waals surface area contributed by atoms with Crippen LogP contribution < -0.4 is 5.73 Å². The Morgan fingerprint density at radius 1 is 1.60 bits per heavy atom. The molecule has 1 amide bonds. The Bertz CT molecular complexity index is 379. The molecule has 0 radical (unpaired) electrons. The molecule has 1 aromatic heterocycles. The molecule has 0 aliphatic heterocycles. The van der Waals surface area contributed by atoms with E-state index in [9.17, 15) is 4.79 Å². The minimum absolute atomic E-state index is 0.222. The van der Waals surface area contributed by atoms with Crippen molar-refractivity contribution in [1.82, 2.24) is 15.0 Å². The fourth-order valence-corrected chi connectivity index (χ4v) is 1.71. The SMILES string of the molecule is CC(C)n1nnc(C(N)=O)c1CC1CC1. The predicted molar refractivity (Wildman–Crippen MR) is 55.4 cm³/mol. The van der Waals surface area contributed by atoms with Crippen LogP contribution in [0.25, 0.3) is 0 Å². The van der Waals surface area contributed by atoms with Crippen molar-refractivity contribution in [3.05, 3.63) is 11.4 Å². The third-order valence-corrected chi connectivity index (χ3v) is 2.69. The first-order valence-corrected chi connectivity index (χ1v) is 5.33. The Kier molecular flexibility index (Phi) is 2.46. The van der Waals surface area contributed by atoms with Gasteiger partial charge in [0.15, 0.2) is 5.69 Å². The third kappa shape index (κ3) is 2.00. The average Bonchev–Trinajstić information content (AvgIpc) is 2.82. The lowest BCUT2D eigenvalue weighted by molar-refractivity contribution is 0.0994. The summed E-state index contributed by atoms with van der Waals surface area (Å²) in [5, 5.41) is 7.84. The lowest BCUT2D eigenvalue weighted by Crippen LogP contribution is -2.16. The lowest BCUT2D eigenvalue weighted by Gasteiger charge is -2.09. The van der Waals surface area contributed by atoms with E-state index in [0.29, 0.717) is 11.6 Å². The Hall–Kier alpha value is -1.39. The van der Waals surface area contributed by atoms with E-state index in [1.807, 2.05) is 13.8 Å². The summed E-state index contributed by atoms with van der Waals surface area (Å²) in [5.41, 5.74) is 6.52.